The predicted molar refractivity (Wildman–Crippen MR) is 66.2 cm³/mol. The summed E-state index contributed by atoms with van der Waals surface area (Å²) in [5.41, 5.74) is 5.42. The van der Waals surface area contributed by atoms with Crippen LogP contribution in [0.3, 0.4) is 0 Å². The second-order valence-electron chi connectivity index (χ2n) is 4.64. The van der Waals surface area contributed by atoms with Crippen molar-refractivity contribution in [1.29, 1.82) is 0 Å². The second-order valence-corrected chi connectivity index (χ2v) is 6.57. The van der Waals surface area contributed by atoms with E-state index < -0.39 is 22.1 Å². The van der Waals surface area contributed by atoms with Crippen molar-refractivity contribution >= 4 is 15.8 Å². The molecule has 2 rings (SSSR count). The quantitative estimate of drug-likeness (QED) is 0.901. The first-order valence-corrected chi connectivity index (χ1v) is 7.43. The Kier molecular flexibility index (Phi) is 3.92. The van der Waals surface area contributed by atoms with E-state index in [4.69, 9.17) is 5.73 Å². The number of alkyl halides is 3. The Morgan fingerprint density at radius 1 is 1.30 bits per heavy atom. The van der Waals surface area contributed by atoms with Crippen LogP contribution in [-0.4, -0.2) is 37.0 Å². The highest BCUT2D eigenvalue weighted by molar-refractivity contribution is 7.89. The lowest BCUT2D eigenvalue weighted by Crippen LogP contribution is -2.42. The van der Waals surface area contributed by atoms with Gasteiger partial charge < -0.3 is 5.73 Å². The molecule has 2 N–H and O–H groups in total. The van der Waals surface area contributed by atoms with Crippen molar-refractivity contribution in [2.24, 2.45) is 5.92 Å². The number of piperidine rings is 1. The van der Waals surface area contributed by atoms with E-state index in [-0.39, 0.29) is 36.6 Å². The zero-order chi connectivity index (χ0) is 15.0. The number of nitrogens with zero attached hydrogens (tertiary/aromatic N) is 2. The van der Waals surface area contributed by atoms with Crippen LogP contribution in [0.4, 0.5) is 19.0 Å². The van der Waals surface area contributed by atoms with Crippen molar-refractivity contribution in [1.82, 2.24) is 9.29 Å². The lowest BCUT2D eigenvalue weighted by molar-refractivity contribution is -0.182. The van der Waals surface area contributed by atoms with Gasteiger partial charge >= 0.3 is 6.18 Å². The first kappa shape index (κ1) is 15.0. The smallest absolute Gasteiger partial charge is 0.384 e. The molecule has 0 bridgehead atoms. The van der Waals surface area contributed by atoms with Crippen molar-refractivity contribution in [3.63, 3.8) is 0 Å². The molecule has 5 nitrogen and oxygen atoms in total. The molecule has 1 aliphatic heterocycles. The van der Waals surface area contributed by atoms with Crippen LogP contribution in [0.1, 0.15) is 12.8 Å². The Labute approximate surface area is 114 Å². The molecule has 0 radical (unpaired) electrons. The monoisotopic (exact) mass is 309 g/mol. The third-order valence-corrected chi connectivity index (χ3v) is 5.20. The minimum Gasteiger partial charge on any atom is -0.384 e. The largest absolute Gasteiger partial charge is 0.391 e. The molecule has 1 fully saturated rings. The number of aromatic nitrogens is 1. The Morgan fingerprint density at radius 2 is 1.90 bits per heavy atom. The van der Waals surface area contributed by atoms with E-state index in [1.54, 1.807) is 0 Å². The van der Waals surface area contributed by atoms with Gasteiger partial charge in [-0.25, -0.2) is 13.4 Å². The van der Waals surface area contributed by atoms with E-state index >= 15 is 0 Å². The van der Waals surface area contributed by atoms with Gasteiger partial charge in [-0.05, 0) is 18.9 Å². The molecule has 1 aromatic rings. The van der Waals surface area contributed by atoms with Gasteiger partial charge in [0, 0.05) is 25.4 Å². The summed E-state index contributed by atoms with van der Waals surface area (Å²) in [5, 5.41) is 0. The number of anilines is 1. The molecular weight excluding hydrogens is 295 g/mol. The van der Waals surface area contributed by atoms with Crippen LogP contribution in [0, 0.1) is 5.92 Å². The highest BCUT2D eigenvalue weighted by Gasteiger charge is 2.43. The van der Waals surface area contributed by atoms with Crippen molar-refractivity contribution in [2.45, 2.75) is 23.9 Å². The first-order chi connectivity index (χ1) is 9.21. The van der Waals surface area contributed by atoms with E-state index in [0.29, 0.717) is 0 Å². The predicted octanol–water partition coefficient (Wildman–Crippen LogP) is 1.63. The van der Waals surface area contributed by atoms with E-state index in [1.165, 1.54) is 18.3 Å². The van der Waals surface area contributed by atoms with E-state index in [1.807, 2.05) is 0 Å². The van der Waals surface area contributed by atoms with Crippen molar-refractivity contribution in [3.8, 4) is 0 Å². The molecule has 0 amide bonds. The highest BCUT2D eigenvalue weighted by Crippen LogP contribution is 2.35. The zero-order valence-electron chi connectivity index (χ0n) is 10.5. The van der Waals surface area contributed by atoms with E-state index in [2.05, 4.69) is 4.98 Å². The lowest BCUT2D eigenvalue weighted by atomic mass is 9.98. The summed E-state index contributed by atoms with van der Waals surface area (Å²) in [6.45, 7) is -0.288. The van der Waals surface area contributed by atoms with Gasteiger partial charge in [0.25, 0.3) is 0 Å². The summed E-state index contributed by atoms with van der Waals surface area (Å²) in [7, 11) is -3.81. The molecule has 20 heavy (non-hydrogen) atoms. The van der Waals surface area contributed by atoms with Gasteiger partial charge in [-0.1, -0.05) is 0 Å². The van der Waals surface area contributed by atoms with Gasteiger partial charge in [0.15, 0.2) is 0 Å². The summed E-state index contributed by atoms with van der Waals surface area (Å²) in [6, 6.07) is 2.48. The standard InChI is InChI=1S/C11H14F3N3O2S/c12-11(13,14)8-2-5-17(6-3-8)20(18,19)9-1-4-16-10(15)7-9/h1,4,7-8H,2-3,5-6H2,(H2,15,16). The molecule has 1 aliphatic rings. The minimum atomic E-state index is -4.27. The number of pyridine rings is 1. The van der Waals surface area contributed by atoms with Gasteiger partial charge in [0.2, 0.25) is 10.0 Å². The number of rotatable bonds is 2. The third-order valence-electron chi connectivity index (χ3n) is 3.31. The maximum Gasteiger partial charge on any atom is 0.391 e. The molecule has 1 aromatic heterocycles. The number of hydrogen-bond donors (Lipinski definition) is 1. The molecule has 112 valence electrons. The van der Waals surface area contributed by atoms with Gasteiger partial charge in [-0.2, -0.15) is 17.5 Å². The van der Waals surface area contributed by atoms with Crippen LogP contribution >= 0.6 is 0 Å². The average Bonchev–Trinajstić information content (AvgIpc) is 2.38. The number of hydrogen-bond acceptors (Lipinski definition) is 4. The van der Waals surface area contributed by atoms with Crippen LogP contribution in [-0.2, 0) is 10.0 Å². The van der Waals surface area contributed by atoms with Crippen LogP contribution < -0.4 is 5.73 Å². The topological polar surface area (TPSA) is 76.3 Å². The van der Waals surface area contributed by atoms with Crippen molar-refractivity contribution < 1.29 is 21.6 Å². The fourth-order valence-electron chi connectivity index (χ4n) is 2.16. The first-order valence-electron chi connectivity index (χ1n) is 5.99. The van der Waals surface area contributed by atoms with Crippen LogP contribution in [0.15, 0.2) is 23.2 Å². The zero-order valence-corrected chi connectivity index (χ0v) is 11.3. The molecule has 0 spiro atoms. The van der Waals surface area contributed by atoms with Gasteiger partial charge in [-0.15, -0.1) is 0 Å². The molecule has 0 atom stereocenters. The van der Waals surface area contributed by atoms with E-state index in [0.717, 1.165) is 4.31 Å². The maximum absolute atomic E-state index is 12.5. The molecule has 0 aliphatic carbocycles. The number of nitrogen functional groups attached to an aromatic ring is 1. The molecule has 0 saturated carbocycles. The van der Waals surface area contributed by atoms with Crippen LogP contribution in [0.5, 0.6) is 0 Å². The SMILES string of the molecule is Nc1cc(S(=O)(=O)N2CCC(C(F)(F)F)CC2)ccn1. The summed E-state index contributed by atoms with van der Waals surface area (Å²) in [6.07, 6.45) is -3.45. The highest BCUT2D eigenvalue weighted by atomic mass is 32.2. The molecule has 1 saturated heterocycles. The molecular formula is C11H14F3N3O2S. The molecule has 0 unspecified atom stereocenters. The number of nitrogens with two attached hydrogens (primary N) is 1. The fraction of sp³-hybridized carbons (Fsp3) is 0.545. The summed E-state index contributed by atoms with van der Waals surface area (Å²) in [5.74, 6) is -1.38. The van der Waals surface area contributed by atoms with Gasteiger partial charge in [-0.3, -0.25) is 0 Å². The molecule has 0 aromatic carbocycles. The third kappa shape index (κ3) is 3.04. The molecule has 9 heteroatoms. The van der Waals surface area contributed by atoms with Crippen molar-refractivity contribution in [3.05, 3.63) is 18.3 Å². The average molecular weight is 309 g/mol. The Hall–Kier alpha value is -1.35. The van der Waals surface area contributed by atoms with Gasteiger partial charge in [0.1, 0.15) is 5.82 Å². The van der Waals surface area contributed by atoms with Crippen LogP contribution in [0.25, 0.3) is 0 Å². The summed E-state index contributed by atoms with van der Waals surface area (Å²) in [4.78, 5) is 3.64. The van der Waals surface area contributed by atoms with E-state index in [9.17, 15) is 21.6 Å². The lowest BCUT2D eigenvalue weighted by Gasteiger charge is -2.32. The summed E-state index contributed by atoms with van der Waals surface area (Å²) < 4.78 is 63.2. The summed E-state index contributed by atoms with van der Waals surface area (Å²) >= 11 is 0. The number of halogens is 3. The molecule has 2 heterocycles. The Bertz CT molecular complexity index is 581. The minimum absolute atomic E-state index is 0.0459. The van der Waals surface area contributed by atoms with Gasteiger partial charge in [0.05, 0.1) is 10.8 Å². The normalized spacial score (nSPS) is 19.1. The van der Waals surface area contributed by atoms with Crippen molar-refractivity contribution in [2.75, 3.05) is 18.8 Å². The number of sulfonamides is 1. The second kappa shape index (κ2) is 5.21. The Morgan fingerprint density at radius 3 is 2.40 bits per heavy atom. The van der Waals surface area contributed by atoms with Crippen LogP contribution in [0.2, 0.25) is 0 Å². The Balaban J connectivity index is 2.14. The maximum atomic E-state index is 12.5. The fourth-order valence-corrected chi connectivity index (χ4v) is 3.65.